The lowest BCUT2D eigenvalue weighted by atomic mass is 10.3. The van der Waals surface area contributed by atoms with Gasteiger partial charge < -0.3 is 14.4 Å². The van der Waals surface area contributed by atoms with Gasteiger partial charge in [0.05, 0.1) is 18.9 Å². The average molecular weight is 454 g/mol. The van der Waals surface area contributed by atoms with E-state index in [1.54, 1.807) is 4.90 Å². The predicted octanol–water partition coefficient (Wildman–Crippen LogP) is 4.06. The molecule has 3 aromatic rings. The molecule has 0 N–H and O–H groups in total. The van der Waals surface area contributed by atoms with Crippen LogP contribution in [0.1, 0.15) is 9.67 Å². The zero-order chi connectivity index (χ0) is 18.3. The van der Waals surface area contributed by atoms with Crippen LogP contribution in [0.4, 0.5) is 5.13 Å². The third-order valence-electron chi connectivity index (χ3n) is 3.90. The van der Waals surface area contributed by atoms with E-state index in [4.69, 9.17) is 9.47 Å². The molecule has 0 bridgehead atoms. The van der Waals surface area contributed by atoms with Gasteiger partial charge in [-0.05, 0) is 42.2 Å². The molecule has 1 aliphatic rings. The normalized spacial score (nSPS) is 12.9. The summed E-state index contributed by atoms with van der Waals surface area (Å²) >= 11 is 6.34. The number of hydrogen-bond acceptors (Lipinski definition) is 7. The van der Waals surface area contributed by atoms with Crippen molar-refractivity contribution >= 4 is 59.9 Å². The molecule has 1 aromatic carbocycles. The zero-order valence-corrected chi connectivity index (χ0v) is 17.4. The maximum Gasteiger partial charge on any atom is 0.270 e. The zero-order valence-electron chi connectivity index (χ0n) is 14.2. The molecule has 1 aliphatic heterocycles. The summed E-state index contributed by atoms with van der Waals surface area (Å²) in [5, 5.41) is 0.681. The largest absolute Gasteiger partial charge is 0.454 e. The van der Waals surface area contributed by atoms with Gasteiger partial charge in [-0.2, -0.15) is 0 Å². The number of anilines is 1. The minimum absolute atomic E-state index is 0.0401. The summed E-state index contributed by atoms with van der Waals surface area (Å²) < 4.78 is 12.8. The molecule has 0 saturated heterocycles. The number of benzene rings is 1. The van der Waals surface area contributed by atoms with Gasteiger partial charge in [0.2, 0.25) is 6.79 Å². The molecule has 0 atom stereocenters. The van der Waals surface area contributed by atoms with Crippen molar-refractivity contribution in [3.63, 3.8) is 0 Å². The Hall–Kier alpha value is -1.68. The van der Waals surface area contributed by atoms with Gasteiger partial charge >= 0.3 is 0 Å². The minimum atomic E-state index is -0.0401. The Bertz CT molecular complexity index is 928. The van der Waals surface area contributed by atoms with Crippen LogP contribution in [-0.4, -0.2) is 49.8 Å². The summed E-state index contributed by atoms with van der Waals surface area (Å²) in [6, 6.07) is 7.52. The smallest absolute Gasteiger partial charge is 0.270 e. The Labute approximate surface area is 167 Å². The number of likely N-dealkylation sites (N-methyl/N-ethyl adjacent to an activating group) is 1. The van der Waals surface area contributed by atoms with E-state index >= 15 is 0 Å². The highest BCUT2D eigenvalue weighted by molar-refractivity contribution is 9.11. The number of nitrogens with zero attached hydrogens (tertiary/aromatic N) is 3. The first-order chi connectivity index (χ1) is 12.5. The Balaban J connectivity index is 1.70. The Morgan fingerprint density at radius 3 is 2.65 bits per heavy atom. The van der Waals surface area contributed by atoms with E-state index in [2.05, 4.69) is 20.9 Å². The number of hydrogen-bond donors (Lipinski definition) is 0. The monoisotopic (exact) mass is 453 g/mol. The molecule has 1 amide bonds. The fourth-order valence-corrected chi connectivity index (χ4v) is 4.90. The van der Waals surface area contributed by atoms with Crippen molar-refractivity contribution in [2.24, 2.45) is 0 Å². The molecule has 0 unspecified atom stereocenters. The first-order valence-corrected chi connectivity index (χ1v) is 10.4. The van der Waals surface area contributed by atoms with Crippen molar-refractivity contribution in [3.05, 3.63) is 32.9 Å². The van der Waals surface area contributed by atoms with Crippen molar-refractivity contribution in [2.75, 3.05) is 38.9 Å². The summed E-state index contributed by atoms with van der Waals surface area (Å²) in [7, 11) is 3.98. The van der Waals surface area contributed by atoms with Gasteiger partial charge in [0.1, 0.15) is 0 Å². The topological polar surface area (TPSA) is 54.9 Å². The molecule has 4 rings (SSSR count). The predicted molar refractivity (Wildman–Crippen MR) is 108 cm³/mol. The number of aromatic nitrogens is 1. The van der Waals surface area contributed by atoms with E-state index in [9.17, 15) is 4.79 Å². The molecule has 6 nitrogen and oxygen atoms in total. The lowest BCUT2D eigenvalue weighted by molar-refractivity contribution is 0.0989. The fourth-order valence-electron chi connectivity index (χ4n) is 2.57. The number of thiophene rings is 1. The number of halogens is 1. The number of rotatable bonds is 5. The first kappa shape index (κ1) is 17.7. The Morgan fingerprint density at radius 2 is 1.96 bits per heavy atom. The Morgan fingerprint density at radius 1 is 1.19 bits per heavy atom. The van der Waals surface area contributed by atoms with E-state index in [1.165, 1.54) is 22.7 Å². The minimum Gasteiger partial charge on any atom is -0.454 e. The molecule has 0 spiro atoms. The summed E-state index contributed by atoms with van der Waals surface area (Å²) in [4.78, 5) is 22.2. The van der Waals surface area contributed by atoms with Crippen molar-refractivity contribution in [2.45, 2.75) is 0 Å². The van der Waals surface area contributed by atoms with Crippen LogP contribution in [0.15, 0.2) is 28.1 Å². The molecule has 2 aromatic heterocycles. The Kier molecular flexibility index (Phi) is 4.87. The molecule has 9 heteroatoms. The van der Waals surface area contributed by atoms with Crippen molar-refractivity contribution < 1.29 is 14.3 Å². The van der Waals surface area contributed by atoms with Crippen LogP contribution in [0.3, 0.4) is 0 Å². The SMILES string of the molecule is CN(C)CCN(C(=O)c1ccc(Br)s1)c1nc2cc3c(cc2s1)OCO3. The van der Waals surface area contributed by atoms with Gasteiger partial charge in [0, 0.05) is 25.2 Å². The molecule has 0 aliphatic carbocycles. The van der Waals surface area contributed by atoms with Crippen molar-refractivity contribution in [1.29, 1.82) is 0 Å². The van der Waals surface area contributed by atoms with Gasteiger partial charge in [-0.3, -0.25) is 9.69 Å². The fraction of sp³-hybridized carbons (Fsp3) is 0.294. The van der Waals surface area contributed by atoms with Crippen molar-refractivity contribution in [1.82, 2.24) is 9.88 Å². The van der Waals surface area contributed by atoms with E-state index in [1.807, 2.05) is 43.3 Å². The molecular formula is C17H16BrN3O3S2. The van der Waals surface area contributed by atoms with Crippen LogP contribution in [-0.2, 0) is 0 Å². The van der Waals surface area contributed by atoms with Crippen LogP contribution < -0.4 is 14.4 Å². The van der Waals surface area contributed by atoms with Gasteiger partial charge in [-0.25, -0.2) is 4.98 Å². The highest BCUT2D eigenvalue weighted by Crippen LogP contribution is 2.40. The molecule has 0 radical (unpaired) electrons. The number of amides is 1. The van der Waals surface area contributed by atoms with E-state index in [0.29, 0.717) is 22.3 Å². The standard InChI is InChI=1S/C17H16BrN3O3S2/c1-20(2)5-6-21(16(22)13-3-4-15(18)25-13)17-19-10-7-11-12(24-9-23-11)8-14(10)26-17/h3-4,7-8H,5-6,9H2,1-2H3. The van der Waals surface area contributed by atoms with E-state index in [-0.39, 0.29) is 12.7 Å². The van der Waals surface area contributed by atoms with Crippen LogP contribution in [0, 0.1) is 0 Å². The highest BCUT2D eigenvalue weighted by atomic mass is 79.9. The molecule has 136 valence electrons. The second-order valence-corrected chi connectivity index (χ2v) is 9.51. The number of carbonyl (C=O) groups excluding carboxylic acids is 1. The van der Waals surface area contributed by atoms with E-state index in [0.717, 1.165) is 26.3 Å². The average Bonchev–Trinajstić information content (AvgIpc) is 3.30. The van der Waals surface area contributed by atoms with Gasteiger partial charge in [0.25, 0.3) is 5.91 Å². The first-order valence-electron chi connectivity index (χ1n) is 7.93. The summed E-state index contributed by atoms with van der Waals surface area (Å²) in [5.74, 6) is 1.38. The summed E-state index contributed by atoms with van der Waals surface area (Å²) in [6.45, 7) is 1.55. The van der Waals surface area contributed by atoms with Crippen LogP contribution >= 0.6 is 38.6 Å². The van der Waals surface area contributed by atoms with Gasteiger partial charge in [-0.1, -0.05) is 11.3 Å². The lowest BCUT2D eigenvalue weighted by Gasteiger charge is -2.21. The highest BCUT2D eigenvalue weighted by Gasteiger charge is 2.24. The maximum absolute atomic E-state index is 13.1. The van der Waals surface area contributed by atoms with Crippen LogP contribution in [0.2, 0.25) is 0 Å². The second-order valence-electron chi connectivity index (χ2n) is 6.03. The second kappa shape index (κ2) is 7.15. The third kappa shape index (κ3) is 3.44. The quantitative estimate of drug-likeness (QED) is 0.582. The molecule has 0 fully saturated rings. The lowest BCUT2D eigenvalue weighted by Crippen LogP contribution is -2.36. The summed E-state index contributed by atoms with van der Waals surface area (Å²) in [6.07, 6.45) is 0. The maximum atomic E-state index is 13.1. The van der Waals surface area contributed by atoms with Crippen LogP contribution in [0.5, 0.6) is 11.5 Å². The van der Waals surface area contributed by atoms with Gasteiger partial charge in [-0.15, -0.1) is 11.3 Å². The molecule has 0 saturated carbocycles. The number of thiazole rings is 1. The number of ether oxygens (including phenoxy) is 2. The summed E-state index contributed by atoms with van der Waals surface area (Å²) in [5.41, 5.74) is 0.810. The number of fused-ring (bicyclic) bond motifs is 2. The van der Waals surface area contributed by atoms with Crippen molar-refractivity contribution in [3.8, 4) is 11.5 Å². The molecular weight excluding hydrogens is 438 g/mol. The number of carbonyl (C=O) groups is 1. The molecule has 26 heavy (non-hydrogen) atoms. The van der Waals surface area contributed by atoms with Gasteiger partial charge in [0.15, 0.2) is 16.6 Å². The molecule has 3 heterocycles. The van der Waals surface area contributed by atoms with E-state index < -0.39 is 0 Å². The van der Waals surface area contributed by atoms with Crippen LogP contribution in [0.25, 0.3) is 10.2 Å². The third-order valence-corrected chi connectivity index (χ3v) is 6.56.